The van der Waals surface area contributed by atoms with Crippen LogP contribution in [0.4, 0.5) is 0 Å². The van der Waals surface area contributed by atoms with Crippen LogP contribution in [0, 0.1) is 6.92 Å². The Bertz CT molecular complexity index is 591. The number of hydrogen-bond acceptors (Lipinski definition) is 2. The van der Waals surface area contributed by atoms with Crippen LogP contribution in [0.5, 0.6) is 5.75 Å². The minimum atomic E-state index is 0. The van der Waals surface area contributed by atoms with E-state index in [4.69, 9.17) is 4.74 Å². The summed E-state index contributed by atoms with van der Waals surface area (Å²) in [4.78, 5) is 2.63. The number of nitrogens with zero attached hydrogens (tertiary/aromatic N) is 2. The largest absolute Gasteiger partial charge is 1.00 e. The van der Waals surface area contributed by atoms with Gasteiger partial charge in [0.1, 0.15) is 18.6 Å². The summed E-state index contributed by atoms with van der Waals surface area (Å²) >= 11 is 0. The van der Waals surface area contributed by atoms with Gasteiger partial charge < -0.3 is 33.6 Å². The Morgan fingerprint density at radius 1 is 1.12 bits per heavy atom. The number of ether oxygens (including phenoxy) is 1. The lowest BCUT2D eigenvalue weighted by Crippen LogP contribution is -3.00. The molecule has 25 heavy (non-hydrogen) atoms. The van der Waals surface area contributed by atoms with Crippen molar-refractivity contribution in [1.29, 1.82) is 0 Å². The Labute approximate surface area is 169 Å². The zero-order valence-corrected chi connectivity index (χ0v) is 17.6. The van der Waals surface area contributed by atoms with Crippen LogP contribution in [-0.2, 0) is 0 Å². The predicted octanol–water partition coefficient (Wildman–Crippen LogP) is 1.01. The van der Waals surface area contributed by atoms with Crippen molar-refractivity contribution in [3.05, 3.63) is 41.6 Å². The van der Waals surface area contributed by atoms with Crippen LogP contribution in [0.1, 0.15) is 44.1 Å². The Morgan fingerprint density at radius 2 is 1.96 bits per heavy atom. The summed E-state index contributed by atoms with van der Waals surface area (Å²) in [6.45, 7) is 7.56. The fraction of sp³-hybridized carbons (Fsp3) is 0.571. The van der Waals surface area contributed by atoms with E-state index in [0.29, 0.717) is 0 Å². The van der Waals surface area contributed by atoms with Gasteiger partial charge in [0.05, 0.1) is 0 Å². The van der Waals surface area contributed by atoms with Crippen molar-refractivity contribution in [1.82, 2.24) is 4.90 Å². The second-order valence-electron chi connectivity index (χ2n) is 6.97. The molecule has 3 nitrogen and oxygen atoms in total. The van der Waals surface area contributed by atoms with Crippen LogP contribution in [0.3, 0.4) is 0 Å². The van der Waals surface area contributed by atoms with Crippen molar-refractivity contribution in [2.24, 2.45) is 0 Å². The molecule has 0 radical (unpaired) electrons. The lowest BCUT2D eigenvalue weighted by molar-refractivity contribution is -0.480. The molecule has 0 aliphatic carbocycles. The third kappa shape index (κ3) is 6.74. The Morgan fingerprint density at radius 3 is 2.76 bits per heavy atom. The SMILES string of the molecule is Cc1cccc(OCC[N+]2=CCCC=C2CCN2CCCCC2)c1.[I-]. The first-order valence-electron chi connectivity index (χ1n) is 9.52. The van der Waals surface area contributed by atoms with Crippen LogP contribution in [0.2, 0.25) is 0 Å². The fourth-order valence-electron chi connectivity index (χ4n) is 3.62. The Kier molecular flexibility index (Phi) is 8.96. The molecule has 2 aliphatic heterocycles. The normalized spacial score (nSPS) is 18.1. The maximum atomic E-state index is 5.93. The molecule has 0 bridgehead atoms. The van der Waals surface area contributed by atoms with Gasteiger partial charge in [-0.3, -0.25) is 0 Å². The van der Waals surface area contributed by atoms with E-state index < -0.39 is 0 Å². The van der Waals surface area contributed by atoms with Gasteiger partial charge in [0.15, 0.2) is 12.2 Å². The van der Waals surface area contributed by atoms with Crippen LogP contribution >= 0.6 is 0 Å². The first kappa shape index (κ1) is 20.4. The summed E-state index contributed by atoms with van der Waals surface area (Å²) in [7, 11) is 0. The highest BCUT2D eigenvalue weighted by Crippen LogP contribution is 2.16. The molecule has 2 aliphatic rings. The van der Waals surface area contributed by atoms with E-state index in [1.165, 1.54) is 63.0 Å². The summed E-state index contributed by atoms with van der Waals surface area (Å²) in [5, 5.41) is 0. The van der Waals surface area contributed by atoms with Crippen molar-refractivity contribution in [2.75, 3.05) is 32.8 Å². The topological polar surface area (TPSA) is 15.5 Å². The molecule has 0 amide bonds. The summed E-state index contributed by atoms with van der Waals surface area (Å²) in [5.41, 5.74) is 2.74. The van der Waals surface area contributed by atoms with Crippen molar-refractivity contribution < 1.29 is 33.3 Å². The molecule has 3 rings (SSSR count). The first-order valence-corrected chi connectivity index (χ1v) is 9.52. The van der Waals surface area contributed by atoms with E-state index in [-0.39, 0.29) is 24.0 Å². The highest BCUT2D eigenvalue weighted by Gasteiger charge is 2.18. The molecule has 0 spiro atoms. The van der Waals surface area contributed by atoms with Gasteiger partial charge in [-0.05, 0) is 63.0 Å². The number of hydrogen-bond donors (Lipinski definition) is 0. The number of piperidine rings is 1. The standard InChI is InChI=1S/C21H31N2O.HI/c1-19-8-7-10-21(18-19)24-17-16-23-14-6-3-9-20(23)11-15-22-12-4-2-5-13-22;/h7-10,14,18H,2-6,11-13,15-17H2,1H3;1H/q+1;/p-1. The quantitative estimate of drug-likeness (QED) is 0.452. The van der Waals surface area contributed by atoms with Gasteiger partial charge in [-0.15, -0.1) is 0 Å². The molecule has 1 saturated heterocycles. The maximum absolute atomic E-state index is 5.93. The average molecular weight is 454 g/mol. The number of rotatable bonds is 7. The van der Waals surface area contributed by atoms with E-state index in [2.05, 4.69) is 46.9 Å². The number of benzene rings is 1. The van der Waals surface area contributed by atoms with Gasteiger partial charge in [0, 0.05) is 19.4 Å². The zero-order valence-electron chi connectivity index (χ0n) is 15.4. The van der Waals surface area contributed by atoms with Crippen LogP contribution in [-0.4, -0.2) is 48.5 Å². The molecule has 4 heteroatoms. The second kappa shape index (κ2) is 11.0. The highest BCUT2D eigenvalue weighted by molar-refractivity contribution is 5.53. The van der Waals surface area contributed by atoms with Gasteiger partial charge in [0.2, 0.25) is 0 Å². The Balaban J connectivity index is 0.00000225. The summed E-state index contributed by atoms with van der Waals surface area (Å²) in [6.07, 6.45) is 12.4. The van der Waals surface area contributed by atoms with Gasteiger partial charge in [-0.1, -0.05) is 18.6 Å². The second-order valence-corrected chi connectivity index (χ2v) is 6.97. The van der Waals surface area contributed by atoms with Crippen LogP contribution in [0.25, 0.3) is 0 Å². The third-order valence-corrected chi connectivity index (χ3v) is 4.99. The fourth-order valence-corrected chi connectivity index (χ4v) is 3.62. The molecule has 0 atom stereocenters. The molecule has 138 valence electrons. The summed E-state index contributed by atoms with van der Waals surface area (Å²) < 4.78 is 8.35. The Hall–Kier alpha value is -0.880. The molecule has 0 aromatic heterocycles. The molecule has 0 unspecified atom stereocenters. The van der Waals surface area contributed by atoms with Crippen LogP contribution in [0.15, 0.2) is 36.0 Å². The average Bonchev–Trinajstić information content (AvgIpc) is 2.62. The van der Waals surface area contributed by atoms with Gasteiger partial charge in [0.25, 0.3) is 0 Å². The van der Waals surface area contributed by atoms with E-state index in [1.54, 1.807) is 0 Å². The maximum Gasteiger partial charge on any atom is 0.182 e. The van der Waals surface area contributed by atoms with Gasteiger partial charge in [-0.2, -0.15) is 0 Å². The molecule has 0 N–H and O–H groups in total. The summed E-state index contributed by atoms with van der Waals surface area (Å²) in [6, 6.07) is 8.31. The van der Waals surface area contributed by atoms with Crippen molar-refractivity contribution in [2.45, 2.75) is 45.4 Å². The predicted molar refractivity (Wildman–Crippen MR) is 100 cm³/mol. The molecule has 1 aromatic rings. The minimum Gasteiger partial charge on any atom is -1.00 e. The van der Waals surface area contributed by atoms with Crippen LogP contribution < -0.4 is 28.7 Å². The monoisotopic (exact) mass is 454 g/mol. The minimum absolute atomic E-state index is 0. The van der Waals surface area contributed by atoms with Gasteiger partial charge in [-0.25, -0.2) is 4.58 Å². The molecular weight excluding hydrogens is 423 g/mol. The van der Waals surface area contributed by atoms with Gasteiger partial charge >= 0.3 is 0 Å². The van der Waals surface area contributed by atoms with Crippen molar-refractivity contribution >= 4 is 6.21 Å². The highest BCUT2D eigenvalue weighted by atomic mass is 127. The molecule has 2 heterocycles. The smallest absolute Gasteiger partial charge is 0.182 e. The molecule has 1 aromatic carbocycles. The first-order chi connectivity index (χ1) is 11.8. The lowest BCUT2D eigenvalue weighted by Gasteiger charge is -2.26. The molecule has 1 fully saturated rings. The van der Waals surface area contributed by atoms with Crippen molar-refractivity contribution in [3.8, 4) is 5.75 Å². The zero-order chi connectivity index (χ0) is 16.6. The lowest BCUT2D eigenvalue weighted by atomic mass is 10.1. The third-order valence-electron chi connectivity index (χ3n) is 4.99. The van der Waals surface area contributed by atoms with E-state index in [1.807, 2.05) is 6.07 Å². The van der Waals surface area contributed by atoms with E-state index in [0.717, 1.165) is 25.3 Å². The number of aryl methyl sites for hydroxylation is 1. The van der Waals surface area contributed by atoms with E-state index >= 15 is 0 Å². The summed E-state index contributed by atoms with van der Waals surface area (Å²) in [5.74, 6) is 0.978. The van der Waals surface area contributed by atoms with E-state index in [9.17, 15) is 0 Å². The van der Waals surface area contributed by atoms with Crippen molar-refractivity contribution in [3.63, 3.8) is 0 Å². The number of likely N-dealkylation sites (tertiary alicyclic amines) is 1. The molecular formula is C21H31IN2O. The molecule has 0 saturated carbocycles. The number of halogens is 1. The number of allylic oxidation sites excluding steroid dienone is 1.